The molecular formula is C32H40O4. The molecule has 4 nitrogen and oxygen atoms in total. The number of benzene rings is 3. The van der Waals surface area contributed by atoms with Gasteiger partial charge in [0.2, 0.25) is 0 Å². The molecule has 192 valence electrons. The monoisotopic (exact) mass is 488 g/mol. The number of ether oxygens (including phenoxy) is 4. The molecule has 3 aromatic rings. The van der Waals surface area contributed by atoms with Crippen LogP contribution in [0.1, 0.15) is 83.4 Å². The van der Waals surface area contributed by atoms with Gasteiger partial charge in [0.15, 0.2) is 6.29 Å². The fourth-order valence-corrected chi connectivity index (χ4v) is 4.44. The van der Waals surface area contributed by atoms with E-state index in [0.29, 0.717) is 0 Å². The van der Waals surface area contributed by atoms with Crippen LogP contribution in [0.3, 0.4) is 0 Å². The minimum Gasteiger partial charge on any atom is -0.488 e. The van der Waals surface area contributed by atoms with E-state index in [-0.39, 0.29) is 23.4 Å². The molecule has 1 heterocycles. The third-order valence-electron chi connectivity index (χ3n) is 5.89. The van der Waals surface area contributed by atoms with Crippen molar-refractivity contribution in [1.29, 1.82) is 0 Å². The summed E-state index contributed by atoms with van der Waals surface area (Å²) in [5, 5.41) is 0. The van der Waals surface area contributed by atoms with Crippen LogP contribution in [0.2, 0.25) is 0 Å². The smallest absolute Gasteiger partial charge is 0.199 e. The summed E-state index contributed by atoms with van der Waals surface area (Å²) in [6, 6.07) is 25.3. The molecule has 1 aliphatic rings. The Morgan fingerprint density at radius 2 is 1.03 bits per heavy atom. The Hall–Kier alpha value is -2.98. The molecule has 1 fully saturated rings. The third kappa shape index (κ3) is 7.51. The molecule has 1 aliphatic heterocycles. The zero-order valence-electron chi connectivity index (χ0n) is 22.5. The molecule has 4 rings (SSSR count). The molecule has 0 aromatic heterocycles. The van der Waals surface area contributed by atoms with Gasteiger partial charge in [0.25, 0.3) is 0 Å². The summed E-state index contributed by atoms with van der Waals surface area (Å²) in [5.74, 6) is 2.65. The van der Waals surface area contributed by atoms with Crippen LogP contribution in [-0.2, 0) is 4.74 Å². The average molecular weight is 489 g/mol. The molecule has 1 saturated heterocycles. The minimum atomic E-state index is -0.234. The Kier molecular flexibility index (Phi) is 7.94. The van der Waals surface area contributed by atoms with Crippen molar-refractivity contribution in [2.24, 2.45) is 0 Å². The van der Waals surface area contributed by atoms with Crippen LogP contribution in [0.15, 0.2) is 72.8 Å². The number of hydrogen-bond acceptors (Lipinski definition) is 4. The lowest BCUT2D eigenvalue weighted by atomic mass is 9.85. The summed E-state index contributed by atoms with van der Waals surface area (Å²) >= 11 is 0. The van der Waals surface area contributed by atoms with Crippen LogP contribution in [0.5, 0.6) is 17.2 Å². The van der Waals surface area contributed by atoms with E-state index >= 15 is 0 Å². The summed E-state index contributed by atoms with van der Waals surface area (Å²) < 4.78 is 23.9. The van der Waals surface area contributed by atoms with E-state index in [1.54, 1.807) is 0 Å². The van der Waals surface area contributed by atoms with Crippen LogP contribution in [0.25, 0.3) is 0 Å². The highest BCUT2D eigenvalue weighted by molar-refractivity contribution is 5.47. The average Bonchev–Trinajstić information content (AvgIpc) is 2.81. The van der Waals surface area contributed by atoms with Gasteiger partial charge in [0, 0.05) is 12.3 Å². The summed E-state index contributed by atoms with van der Waals surface area (Å²) in [5.41, 5.74) is 3.12. The summed E-state index contributed by atoms with van der Waals surface area (Å²) in [6.45, 7) is 13.1. The second kappa shape index (κ2) is 11.0. The molecule has 0 N–H and O–H groups in total. The molecule has 1 atom stereocenters. The highest BCUT2D eigenvalue weighted by Gasteiger charge is 2.20. The lowest BCUT2D eigenvalue weighted by Crippen LogP contribution is -2.24. The van der Waals surface area contributed by atoms with E-state index in [0.717, 1.165) is 43.1 Å². The lowest BCUT2D eigenvalue weighted by Gasteiger charge is -2.25. The zero-order chi connectivity index (χ0) is 25.8. The van der Waals surface area contributed by atoms with Gasteiger partial charge in [-0.3, -0.25) is 0 Å². The molecule has 36 heavy (non-hydrogen) atoms. The normalized spacial score (nSPS) is 16.6. The van der Waals surface area contributed by atoms with Crippen LogP contribution in [0, 0.1) is 0 Å². The summed E-state index contributed by atoms with van der Waals surface area (Å²) in [4.78, 5) is 0. The topological polar surface area (TPSA) is 36.9 Å². The van der Waals surface area contributed by atoms with E-state index < -0.39 is 0 Å². The van der Waals surface area contributed by atoms with Crippen molar-refractivity contribution in [1.82, 2.24) is 0 Å². The van der Waals surface area contributed by atoms with Crippen LogP contribution >= 0.6 is 0 Å². The van der Waals surface area contributed by atoms with Crippen LogP contribution < -0.4 is 14.2 Å². The Balaban J connectivity index is 1.61. The highest BCUT2D eigenvalue weighted by atomic mass is 16.7. The van der Waals surface area contributed by atoms with Gasteiger partial charge < -0.3 is 18.9 Å². The highest BCUT2D eigenvalue weighted by Crippen LogP contribution is 2.35. The first kappa shape index (κ1) is 26.1. The molecule has 1 unspecified atom stereocenters. The molecule has 0 saturated carbocycles. The fourth-order valence-electron chi connectivity index (χ4n) is 4.44. The van der Waals surface area contributed by atoms with E-state index in [1.165, 1.54) is 16.7 Å². The number of hydrogen-bond donors (Lipinski definition) is 0. The SMILES string of the molecule is CC(C)(C)Oc1ccc(C(c2ccc(OC3CCCCO3)cc2)c2ccc(OC(C)(C)C)cc2)cc1. The first-order valence-corrected chi connectivity index (χ1v) is 13.0. The van der Waals surface area contributed by atoms with Gasteiger partial charge in [-0.15, -0.1) is 0 Å². The Morgan fingerprint density at radius 1 is 0.611 bits per heavy atom. The zero-order valence-corrected chi connectivity index (χ0v) is 22.5. The fraction of sp³-hybridized carbons (Fsp3) is 0.438. The first-order valence-electron chi connectivity index (χ1n) is 13.0. The van der Waals surface area contributed by atoms with Crippen LogP contribution in [-0.4, -0.2) is 24.1 Å². The molecule has 0 radical (unpaired) electrons. The van der Waals surface area contributed by atoms with E-state index in [4.69, 9.17) is 18.9 Å². The van der Waals surface area contributed by atoms with Gasteiger partial charge in [-0.1, -0.05) is 36.4 Å². The summed E-state index contributed by atoms with van der Waals surface area (Å²) in [6.07, 6.45) is 3.05. The summed E-state index contributed by atoms with van der Waals surface area (Å²) in [7, 11) is 0. The van der Waals surface area contributed by atoms with Crippen LogP contribution in [0.4, 0.5) is 0 Å². The minimum absolute atomic E-state index is 0.0670. The molecule has 0 spiro atoms. The Labute approximate surface area is 216 Å². The number of rotatable bonds is 7. The second-order valence-corrected chi connectivity index (χ2v) is 11.5. The third-order valence-corrected chi connectivity index (χ3v) is 5.89. The standard InChI is InChI=1S/C32H40O4/c1-31(2,3)35-27-18-12-24(13-19-27)30(25-14-20-28(21-15-25)36-32(4,5)6)23-10-16-26(17-11-23)34-29-9-7-8-22-33-29/h10-21,29-30H,7-9,22H2,1-6H3. The quantitative estimate of drug-likeness (QED) is 0.315. The van der Waals surface area contributed by atoms with Gasteiger partial charge in [-0.2, -0.15) is 0 Å². The largest absolute Gasteiger partial charge is 0.488 e. The van der Waals surface area contributed by atoms with Gasteiger partial charge in [-0.05, 0) is 107 Å². The van der Waals surface area contributed by atoms with Gasteiger partial charge in [0.05, 0.1) is 6.61 Å². The predicted molar refractivity (Wildman–Crippen MR) is 145 cm³/mol. The van der Waals surface area contributed by atoms with Gasteiger partial charge in [-0.25, -0.2) is 0 Å². The molecule has 3 aromatic carbocycles. The maximum absolute atomic E-state index is 6.07. The lowest BCUT2D eigenvalue weighted by molar-refractivity contribution is -0.105. The molecule has 0 bridgehead atoms. The first-order chi connectivity index (χ1) is 17.1. The Morgan fingerprint density at radius 3 is 1.39 bits per heavy atom. The van der Waals surface area contributed by atoms with Crippen molar-refractivity contribution >= 4 is 0 Å². The molecule has 4 heteroatoms. The molecule has 0 amide bonds. The van der Waals surface area contributed by atoms with Gasteiger partial charge in [0.1, 0.15) is 28.5 Å². The maximum Gasteiger partial charge on any atom is 0.199 e. The molecule has 0 aliphatic carbocycles. The van der Waals surface area contributed by atoms with E-state index in [2.05, 4.69) is 114 Å². The van der Waals surface area contributed by atoms with E-state index in [1.807, 2.05) is 0 Å². The van der Waals surface area contributed by atoms with Crippen molar-refractivity contribution in [2.75, 3.05) is 6.61 Å². The predicted octanol–water partition coefficient (Wildman–Crippen LogP) is 8.13. The van der Waals surface area contributed by atoms with Crippen molar-refractivity contribution in [3.63, 3.8) is 0 Å². The van der Waals surface area contributed by atoms with Crippen molar-refractivity contribution in [2.45, 2.75) is 84.2 Å². The Bertz CT molecular complexity index is 1020. The second-order valence-electron chi connectivity index (χ2n) is 11.5. The van der Waals surface area contributed by atoms with Crippen molar-refractivity contribution < 1.29 is 18.9 Å². The van der Waals surface area contributed by atoms with Gasteiger partial charge >= 0.3 is 0 Å². The molecular weight excluding hydrogens is 448 g/mol. The van der Waals surface area contributed by atoms with E-state index in [9.17, 15) is 0 Å². The maximum atomic E-state index is 6.07. The van der Waals surface area contributed by atoms with Crippen molar-refractivity contribution in [3.05, 3.63) is 89.5 Å². The van der Waals surface area contributed by atoms with Crippen molar-refractivity contribution in [3.8, 4) is 17.2 Å².